The van der Waals surface area contributed by atoms with Crippen LogP contribution in [-0.4, -0.2) is 42.9 Å². The van der Waals surface area contributed by atoms with E-state index in [1.165, 1.54) is 37.1 Å². The Hall–Kier alpha value is -2.06. The number of piperidine rings is 1. The molecule has 0 aromatic carbocycles. The van der Waals surface area contributed by atoms with Crippen LogP contribution < -0.4 is 5.32 Å². The molecule has 4 heterocycles. The number of likely N-dealkylation sites (tertiary alicyclic amines) is 1. The number of fused-ring (bicyclic) bond motifs is 1. The standard InChI is InChI=1S/C16H21N7S/c1-10-3-5-23(6-4-10)7-12-11(2)21-16(24-12)22-15-13-14(18-8-17-13)19-9-20-15/h8-10H,3-7H2,1-2H3,(H2,17,18,19,20,21,22). The van der Waals surface area contributed by atoms with E-state index in [1.807, 2.05) is 0 Å². The van der Waals surface area contributed by atoms with E-state index in [1.54, 1.807) is 17.7 Å². The lowest BCUT2D eigenvalue weighted by Crippen LogP contribution is -2.32. The minimum absolute atomic E-state index is 0.656. The molecule has 1 fully saturated rings. The highest BCUT2D eigenvalue weighted by Gasteiger charge is 2.18. The van der Waals surface area contributed by atoms with Gasteiger partial charge in [0.2, 0.25) is 0 Å². The van der Waals surface area contributed by atoms with Gasteiger partial charge in [-0.25, -0.2) is 19.9 Å². The summed E-state index contributed by atoms with van der Waals surface area (Å²) in [7, 11) is 0. The van der Waals surface area contributed by atoms with Crippen LogP contribution in [0.3, 0.4) is 0 Å². The summed E-state index contributed by atoms with van der Waals surface area (Å²) in [5, 5.41) is 4.17. The molecule has 0 spiro atoms. The Morgan fingerprint density at radius 1 is 1.29 bits per heavy atom. The van der Waals surface area contributed by atoms with E-state index in [-0.39, 0.29) is 0 Å². The number of rotatable bonds is 4. The molecule has 0 amide bonds. The molecule has 2 N–H and O–H groups in total. The zero-order valence-corrected chi connectivity index (χ0v) is 14.7. The fourth-order valence-electron chi connectivity index (χ4n) is 3.01. The van der Waals surface area contributed by atoms with Crippen molar-refractivity contribution in [2.45, 2.75) is 33.2 Å². The van der Waals surface area contributed by atoms with Crippen molar-refractivity contribution in [3.05, 3.63) is 23.2 Å². The Balaban J connectivity index is 1.50. The maximum absolute atomic E-state index is 4.66. The number of hydrogen-bond acceptors (Lipinski definition) is 7. The van der Waals surface area contributed by atoms with Gasteiger partial charge in [0.15, 0.2) is 16.6 Å². The van der Waals surface area contributed by atoms with E-state index in [2.05, 4.69) is 49.0 Å². The lowest BCUT2D eigenvalue weighted by molar-refractivity contribution is 0.186. The average Bonchev–Trinajstić information content (AvgIpc) is 3.17. The number of aromatic nitrogens is 5. The van der Waals surface area contributed by atoms with Crippen molar-refractivity contribution in [2.75, 3.05) is 18.4 Å². The van der Waals surface area contributed by atoms with Crippen molar-refractivity contribution < 1.29 is 0 Å². The second-order valence-electron chi connectivity index (χ2n) is 6.43. The topological polar surface area (TPSA) is 82.6 Å². The van der Waals surface area contributed by atoms with E-state index >= 15 is 0 Å². The predicted octanol–water partition coefficient (Wildman–Crippen LogP) is 3.09. The maximum Gasteiger partial charge on any atom is 0.188 e. The Morgan fingerprint density at radius 3 is 2.96 bits per heavy atom. The summed E-state index contributed by atoms with van der Waals surface area (Å²) in [6, 6.07) is 0. The Kier molecular flexibility index (Phi) is 4.15. The Labute approximate surface area is 144 Å². The van der Waals surface area contributed by atoms with Crippen LogP contribution in [0.25, 0.3) is 11.2 Å². The number of aromatic amines is 1. The van der Waals surface area contributed by atoms with Crippen LogP contribution in [0.15, 0.2) is 12.7 Å². The van der Waals surface area contributed by atoms with Crippen molar-refractivity contribution in [3.8, 4) is 0 Å². The Bertz CT molecular complexity index is 832. The van der Waals surface area contributed by atoms with Gasteiger partial charge >= 0.3 is 0 Å². The maximum atomic E-state index is 4.66. The second kappa shape index (κ2) is 6.45. The fraction of sp³-hybridized carbons (Fsp3) is 0.500. The number of aryl methyl sites for hydroxylation is 1. The fourth-order valence-corrected chi connectivity index (χ4v) is 4.02. The summed E-state index contributed by atoms with van der Waals surface area (Å²) in [6.07, 6.45) is 5.73. The smallest absolute Gasteiger partial charge is 0.188 e. The molecule has 0 saturated carbocycles. The molecule has 3 aromatic rings. The first kappa shape index (κ1) is 15.5. The molecule has 0 atom stereocenters. The van der Waals surface area contributed by atoms with Gasteiger partial charge in [0.1, 0.15) is 11.8 Å². The van der Waals surface area contributed by atoms with Crippen molar-refractivity contribution in [3.63, 3.8) is 0 Å². The summed E-state index contributed by atoms with van der Waals surface area (Å²) >= 11 is 1.70. The van der Waals surface area contributed by atoms with E-state index in [4.69, 9.17) is 0 Å². The third-order valence-electron chi connectivity index (χ3n) is 4.58. The molecule has 7 nitrogen and oxygen atoms in total. The lowest BCUT2D eigenvalue weighted by atomic mass is 9.99. The van der Waals surface area contributed by atoms with Gasteiger partial charge in [-0.3, -0.25) is 4.90 Å². The number of nitrogens with zero attached hydrogens (tertiary/aromatic N) is 5. The molecule has 0 bridgehead atoms. The molecule has 24 heavy (non-hydrogen) atoms. The number of thiazole rings is 1. The quantitative estimate of drug-likeness (QED) is 0.757. The molecule has 0 unspecified atom stereocenters. The number of anilines is 2. The number of nitrogens with one attached hydrogen (secondary N) is 2. The largest absolute Gasteiger partial charge is 0.340 e. The van der Waals surface area contributed by atoms with Crippen LogP contribution in [0.1, 0.15) is 30.3 Å². The monoisotopic (exact) mass is 343 g/mol. The molecule has 0 radical (unpaired) electrons. The van der Waals surface area contributed by atoms with Crippen molar-refractivity contribution >= 4 is 33.5 Å². The highest BCUT2D eigenvalue weighted by atomic mass is 32.1. The van der Waals surface area contributed by atoms with Crippen LogP contribution in [0.4, 0.5) is 10.9 Å². The SMILES string of the molecule is Cc1nc(Nc2ncnc3nc[nH]c23)sc1CN1CCC(C)CC1. The van der Waals surface area contributed by atoms with E-state index in [9.17, 15) is 0 Å². The summed E-state index contributed by atoms with van der Waals surface area (Å²) in [5.74, 6) is 1.57. The van der Waals surface area contributed by atoms with Crippen molar-refractivity contribution in [2.24, 2.45) is 5.92 Å². The van der Waals surface area contributed by atoms with Crippen LogP contribution in [0.2, 0.25) is 0 Å². The van der Waals surface area contributed by atoms with Gasteiger partial charge in [-0.1, -0.05) is 6.92 Å². The molecular weight excluding hydrogens is 322 g/mol. The molecule has 8 heteroatoms. The van der Waals surface area contributed by atoms with Gasteiger partial charge in [0.25, 0.3) is 0 Å². The molecule has 1 saturated heterocycles. The van der Waals surface area contributed by atoms with E-state index in [0.29, 0.717) is 11.5 Å². The van der Waals surface area contributed by atoms with Gasteiger partial charge in [-0.05, 0) is 38.8 Å². The summed E-state index contributed by atoms with van der Waals surface area (Å²) in [5.41, 5.74) is 2.55. The van der Waals surface area contributed by atoms with Crippen molar-refractivity contribution in [1.29, 1.82) is 0 Å². The Morgan fingerprint density at radius 2 is 2.12 bits per heavy atom. The van der Waals surface area contributed by atoms with Gasteiger partial charge in [-0.15, -0.1) is 11.3 Å². The number of imidazole rings is 1. The van der Waals surface area contributed by atoms with E-state index < -0.39 is 0 Å². The van der Waals surface area contributed by atoms with Crippen molar-refractivity contribution in [1.82, 2.24) is 29.8 Å². The number of H-pyrrole nitrogens is 1. The lowest BCUT2D eigenvalue weighted by Gasteiger charge is -2.29. The molecule has 3 aromatic heterocycles. The van der Waals surface area contributed by atoms with Gasteiger partial charge < -0.3 is 10.3 Å². The molecular formula is C16H21N7S. The minimum atomic E-state index is 0.656. The first-order chi connectivity index (χ1) is 11.7. The minimum Gasteiger partial charge on any atom is -0.340 e. The molecule has 4 rings (SSSR count). The molecule has 126 valence electrons. The normalized spacial score (nSPS) is 16.8. The summed E-state index contributed by atoms with van der Waals surface area (Å²) in [6.45, 7) is 7.77. The van der Waals surface area contributed by atoms with Gasteiger partial charge in [0.05, 0.1) is 12.0 Å². The predicted molar refractivity (Wildman–Crippen MR) is 95.5 cm³/mol. The third-order valence-corrected chi connectivity index (χ3v) is 5.64. The highest BCUT2D eigenvalue weighted by molar-refractivity contribution is 7.15. The summed E-state index contributed by atoms with van der Waals surface area (Å²) < 4.78 is 0. The second-order valence-corrected chi connectivity index (χ2v) is 7.52. The zero-order valence-electron chi connectivity index (χ0n) is 13.9. The third kappa shape index (κ3) is 3.11. The molecule has 0 aliphatic carbocycles. The summed E-state index contributed by atoms with van der Waals surface area (Å²) in [4.78, 5) is 24.2. The van der Waals surface area contributed by atoms with Gasteiger partial charge in [-0.2, -0.15) is 0 Å². The van der Waals surface area contributed by atoms with Crippen LogP contribution in [0, 0.1) is 12.8 Å². The van der Waals surface area contributed by atoms with Gasteiger partial charge in [0, 0.05) is 11.4 Å². The molecule has 1 aliphatic rings. The first-order valence-electron chi connectivity index (χ1n) is 8.29. The number of hydrogen-bond donors (Lipinski definition) is 2. The van der Waals surface area contributed by atoms with Crippen LogP contribution >= 0.6 is 11.3 Å². The van der Waals surface area contributed by atoms with Crippen LogP contribution in [0.5, 0.6) is 0 Å². The zero-order chi connectivity index (χ0) is 16.5. The average molecular weight is 343 g/mol. The van der Waals surface area contributed by atoms with E-state index in [0.717, 1.165) is 28.8 Å². The first-order valence-corrected chi connectivity index (χ1v) is 9.10. The highest BCUT2D eigenvalue weighted by Crippen LogP contribution is 2.29. The van der Waals surface area contributed by atoms with Crippen LogP contribution in [-0.2, 0) is 6.54 Å². The molecule has 1 aliphatic heterocycles.